The third-order valence-corrected chi connectivity index (χ3v) is 4.12. The number of anilines is 2. The minimum Gasteiger partial charge on any atom is -0.322 e. The fourth-order valence-electron chi connectivity index (χ4n) is 2.57. The van der Waals surface area contributed by atoms with Crippen LogP contribution < -0.4 is 10.6 Å². The fraction of sp³-hybridized carbons (Fsp3) is 0.136. The number of para-hydroxylation sites is 1. The second kappa shape index (κ2) is 8.27. The number of aromatic nitrogens is 1. The Labute approximate surface area is 158 Å². The molecule has 1 aromatic heterocycles. The van der Waals surface area contributed by atoms with Gasteiger partial charge in [-0.25, -0.2) is 0 Å². The number of nitrogens with one attached hydrogen (secondary N) is 2. The van der Waals surface area contributed by atoms with Gasteiger partial charge in [0, 0.05) is 23.1 Å². The summed E-state index contributed by atoms with van der Waals surface area (Å²) in [6.45, 7) is 4.24. The van der Waals surface area contributed by atoms with Crippen molar-refractivity contribution in [3.8, 4) is 0 Å². The molecule has 1 heterocycles. The number of rotatable bonds is 5. The lowest BCUT2D eigenvalue weighted by Gasteiger charge is -2.09. The first kappa shape index (κ1) is 18.3. The molecule has 0 atom stereocenters. The Morgan fingerprint density at radius 2 is 1.44 bits per heavy atom. The van der Waals surface area contributed by atoms with Crippen molar-refractivity contribution >= 4 is 23.2 Å². The normalized spacial score (nSPS) is 10.5. The number of carbonyl (C=O) groups is 2. The lowest BCUT2D eigenvalue weighted by atomic mass is 10.0. The SMILES string of the molecule is CC(C)c1ccc(NC(=O)c2ccnc(C(=O)Nc3ccccc3)c2)cc1. The van der Waals surface area contributed by atoms with E-state index in [-0.39, 0.29) is 17.5 Å². The van der Waals surface area contributed by atoms with Gasteiger partial charge in [0.25, 0.3) is 11.8 Å². The smallest absolute Gasteiger partial charge is 0.274 e. The predicted octanol–water partition coefficient (Wildman–Crippen LogP) is 4.71. The predicted molar refractivity (Wildman–Crippen MR) is 107 cm³/mol. The number of hydrogen-bond acceptors (Lipinski definition) is 3. The van der Waals surface area contributed by atoms with Crippen LogP contribution in [-0.4, -0.2) is 16.8 Å². The van der Waals surface area contributed by atoms with Crippen molar-refractivity contribution in [2.45, 2.75) is 19.8 Å². The van der Waals surface area contributed by atoms with Crippen molar-refractivity contribution in [3.05, 3.63) is 89.7 Å². The molecule has 136 valence electrons. The summed E-state index contributed by atoms with van der Waals surface area (Å²) in [5.74, 6) is -0.221. The molecule has 0 fully saturated rings. The van der Waals surface area contributed by atoms with Gasteiger partial charge in [0.2, 0.25) is 0 Å². The topological polar surface area (TPSA) is 71.1 Å². The zero-order valence-electron chi connectivity index (χ0n) is 15.3. The van der Waals surface area contributed by atoms with Crippen LogP contribution >= 0.6 is 0 Å². The number of benzene rings is 2. The Hall–Kier alpha value is -3.47. The van der Waals surface area contributed by atoms with E-state index in [1.807, 2.05) is 42.5 Å². The van der Waals surface area contributed by atoms with Crippen molar-refractivity contribution in [2.24, 2.45) is 0 Å². The van der Waals surface area contributed by atoms with E-state index in [0.717, 1.165) is 0 Å². The van der Waals surface area contributed by atoms with Gasteiger partial charge in [-0.2, -0.15) is 0 Å². The molecule has 5 nitrogen and oxygen atoms in total. The van der Waals surface area contributed by atoms with Crippen molar-refractivity contribution in [1.82, 2.24) is 4.98 Å². The maximum Gasteiger partial charge on any atom is 0.274 e. The highest BCUT2D eigenvalue weighted by molar-refractivity contribution is 6.07. The molecule has 0 radical (unpaired) electrons. The Morgan fingerprint density at radius 1 is 0.815 bits per heavy atom. The Kier molecular flexibility index (Phi) is 5.61. The quantitative estimate of drug-likeness (QED) is 0.693. The average molecular weight is 359 g/mol. The highest BCUT2D eigenvalue weighted by Crippen LogP contribution is 2.18. The Balaban J connectivity index is 1.70. The van der Waals surface area contributed by atoms with Crippen LogP contribution in [0.25, 0.3) is 0 Å². The summed E-state index contributed by atoms with van der Waals surface area (Å²) in [7, 11) is 0. The van der Waals surface area contributed by atoms with Gasteiger partial charge in [0.1, 0.15) is 5.69 Å². The van der Waals surface area contributed by atoms with E-state index >= 15 is 0 Å². The largest absolute Gasteiger partial charge is 0.322 e. The van der Waals surface area contributed by atoms with E-state index in [0.29, 0.717) is 22.9 Å². The monoisotopic (exact) mass is 359 g/mol. The number of carbonyl (C=O) groups excluding carboxylic acids is 2. The van der Waals surface area contributed by atoms with Gasteiger partial charge in [-0.1, -0.05) is 44.2 Å². The molecular formula is C22H21N3O2. The molecule has 0 spiro atoms. The molecule has 0 aliphatic carbocycles. The van der Waals surface area contributed by atoms with E-state index < -0.39 is 0 Å². The Bertz CT molecular complexity index is 935. The molecule has 5 heteroatoms. The highest BCUT2D eigenvalue weighted by atomic mass is 16.2. The molecule has 2 aromatic carbocycles. The summed E-state index contributed by atoms with van der Waals surface area (Å²) >= 11 is 0. The molecular weight excluding hydrogens is 338 g/mol. The molecule has 0 aliphatic rings. The van der Waals surface area contributed by atoms with Crippen LogP contribution in [0.4, 0.5) is 11.4 Å². The van der Waals surface area contributed by atoms with E-state index in [2.05, 4.69) is 29.5 Å². The lowest BCUT2D eigenvalue weighted by Crippen LogP contribution is -2.17. The van der Waals surface area contributed by atoms with E-state index in [4.69, 9.17) is 0 Å². The van der Waals surface area contributed by atoms with Crippen molar-refractivity contribution < 1.29 is 9.59 Å². The van der Waals surface area contributed by atoms with Crippen LogP contribution in [0.1, 0.15) is 46.2 Å². The van der Waals surface area contributed by atoms with Gasteiger partial charge in [-0.05, 0) is 47.9 Å². The maximum absolute atomic E-state index is 12.5. The third-order valence-electron chi connectivity index (χ3n) is 4.12. The zero-order valence-corrected chi connectivity index (χ0v) is 15.3. The first-order valence-electron chi connectivity index (χ1n) is 8.76. The van der Waals surface area contributed by atoms with Crippen LogP contribution in [-0.2, 0) is 0 Å². The Morgan fingerprint density at radius 3 is 2.11 bits per heavy atom. The van der Waals surface area contributed by atoms with Crippen LogP contribution in [0, 0.1) is 0 Å². The number of nitrogens with zero attached hydrogens (tertiary/aromatic N) is 1. The first-order valence-corrected chi connectivity index (χ1v) is 8.76. The van der Waals surface area contributed by atoms with Gasteiger partial charge in [0.05, 0.1) is 0 Å². The second-order valence-corrected chi connectivity index (χ2v) is 6.48. The van der Waals surface area contributed by atoms with Gasteiger partial charge in [-0.3, -0.25) is 14.6 Å². The van der Waals surface area contributed by atoms with Gasteiger partial charge in [-0.15, -0.1) is 0 Å². The van der Waals surface area contributed by atoms with Crippen LogP contribution in [0.5, 0.6) is 0 Å². The molecule has 0 saturated heterocycles. The van der Waals surface area contributed by atoms with Crippen LogP contribution in [0.2, 0.25) is 0 Å². The van der Waals surface area contributed by atoms with Crippen molar-refractivity contribution in [1.29, 1.82) is 0 Å². The molecule has 0 aliphatic heterocycles. The van der Waals surface area contributed by atoms with E-state index in [1.165, 1.54) is 17.8 Å². The molecule has 0 saturated carbocycles. The van der Waals surface area contributed by atoms with Crippen LogP contribution in [0.3, 0.4) is 0 Å². The molecule has 27 heavy (non-hydrogen) atoms. The fourth-order valence-corrected chi connectivity index (χ4v) is 2.57. The number of pyridine rings is 1. The summed E-state index contributed by atoms with van der Waals surface area (Å²) < 4.78 is 0. The van der Waals surface area contributed by atoms with Gasteiger partial charge >= 0.3 is 0 Å². The minimum absolute atomic E-state index is 0.182. The summed E-state index contributed by atoms with van der Waals surface area (Å²) in [4.78, 5) is 28.9. The average Bonchev–Trinajstić information content (AvgIpc) is 2.69. The van der Waals surface area contributed by atoms with Crippen LogP contribution in [0.15, 0.2) is 72.9 Å². The zero-order chi connectivity index (χ0) is 19.2. The molecule has 0 bridgehead atoms. The summed E-state index contributed by atoms with van der Waals surface area (Å²) in [5, 5.41) is 5.60. The first-order chi connectivity index (χ1) is 13.0. The molecule has 2 N–H and O–H groups in total. The highest BCUT2D eigenvalue weighted by Gasteiger charge is 2.12. The molecule has 2 amide bonds. The lowest BCUT2D eigenvalue weighted by molar-refractivity contribution is 0.102. The van der Waals surface area contributed by atoms with E-state index in [1.54, 1.807) is 18.2 Å². The number of hydrogen-bond donors (Lipinski definition) is 2. The van der Waals surface area contributed by atoms with Crippen molar-refractivity contribution in [3.63, 3.8) is 0 Å². The summed E-state index contributed by atoms with van der Waals surface area (Å²) in [6, 6.07) is 19.9. The second-order valence-electron chi connectivity index (χ2n) is 6.48. The molecule has 0 unspecified atom stereocenters. The minimum atomic E-state index is -0.364. The van der Waals surface area contributed by atoms with Crippen molar-refractivity contribution in [2.75, 3.05) is 10.6 Å². The van der Waals surface area contributed by atoms with E-state index in [9.17, 15) is 9.59 Å². The third kappa shape index (κ3) is 4.79. The number of amides is 2. The van der Waals surface area contributed by atoms with Gasteiger partial charge < -0.3 is 10.6 Å². The summed E-state index contributed by atoms with van der Waals surface area (Å²) in [5.41, 5.74) is 3.13. The van der Waals surface area contributed by atoms with Gasteiger partial charge in [0.15, 0.2) is 0 Å². The molecule has 3 rings (SSSR count). The molecule has 3 aromatic rings. The standard InChI is InChI=1S/C22H21N3O2/c1-15(2)16-8-10-19(11-9-16)24-21(26)17-12-13-23-20(14-17)22(27)25-18-6-4-3-5-7-18/h3-15H,1-2H3,(H,24,26)(H,25,27). The maximum atomic E-state index is 12.5. The summed E-state index contributed by atoms with van der Waals surface area (Å²) in [6.07, 6.45) is 1.46.